The second-order valence-corrected chi connectivity index (χ2v) is 5.36. The quantitative estimate of drug-likeness (QED) is 0.890. The molecule has 0 aliphatic carbocycles. The Bertz CT molecular complexity index is 652. The number of aryl methyl sites for hydroxylation is 1. The lowest BCUT2D eigenvalue weighted by atomic mass is 9.95. The monoisotopic (exact) mass is 287 g/mol. The minimum atomic E-state index is -0.685. The fourth-order valence-corrected chi connectivity index (χ4v) is 2.54. The molecule has 0 fully saturated rings. The molecule has 3 nitrogen and oxygen atoms in total. The first-order chi connectivity index (χ1) is 9.63. The van der Waals surface area contributed by atoms with E-state index >= 15 is 0 Å². The van der Waals surface area contributed by atoms with Gasteiger partial charge in [0.2, 0.25) is 5.91 Å². The zero-order valence-corrected chi connectivity index (χ0v) is 11.5. The van der Waals surface area contributed by atoms with Crippen molar-refractivity contribution in [2.45, 2.75) is 18.9 Å². The highest BCUT2D eigenvalue weighted by Gasteiger charge is 2.17. The van der Waals surface area contributed by atoms with Crippen molar-refractivity contribution in [3.63, 3.8) is 0 Å². The number of aliphatic hydroxyl groups excluding tert-OH is 1. The third-order valence-corrected chi connectivity index (χ3v) is 3.78. The van der Waals surface area contributed by atoms with E-state index in [0.29, 0.717) is 17.9 Å². The number of anilines is 1. The summed E-state index contributed by atoms with van der Waals surface area (Å²) in [7, 11) is 0. The van der Waals surface area contributed by atoms with Gasteiger partial charge in [0.15, 0.2) is 0 Å². The van der Waals surface area contributed by atoms with E-state index in [1.807, 2.05) is 30.3 Å². The Morgan fingerprint density at radius 2 is 1.75 bits per heavy atom. The molecule has 2 aromatic rings. The van der Waals surface area contributed by atoms with Crippen LogP contribution < -0.4 is 5.32 Å². The molecule has 0 aromatic heterocycles. The molecule has 1 amide bonds. The van der Waals surface area contributed by atoms with Crippen LogP contribution in [-0.4, -0.2) is 11.0 Å². The zero-order chi connectivity index (χ0) is 14.1. The molecule has 2 N–H and O–H groups in total. The number of hydrogen-bond acceptors (Lipinski definition) is 2. The number of aliphatic hydroxyl groups is 1. The van der Waals surface area contributed by atoms with E-state index in [2.05, 4.69) is 5.32 Å². The molecular weight excluding hydrogens is 274 g/mol. The number of halogens is 1. The molecule has 1 aliphatic heterocycles. The highest BCUT2D eigenvalue weighted by molar-refractivity contribution is 6.30. The lowest BCUT2D eigenvalue weighted by molar-refractivity contribution is -0.116. The number of amides is 1. The van der Waals surface area contributed by atoms with E-state index in [0.717, 1.165) is 22.4 Å². The summed E-state index contributed by atoms with van der Waals surface area (Å²) in [6, 6.07) is 12.8. The number of rotatable bonds is 2. The molecule has 102 valence electrons. The van der Waals surface area contributed by atoms with Gasteiger partial charge in [-0.3, -0.25) is 4.79 Å². The smallest absolute Gasteiger partial charge is 0.224 e. The molecule has 4 heteroatoms. The van der Waals surface area contributed by atoms with E-state index < -0.39 is 6.10 Å². The van der Waals surface area contributed by atoms with Crippen LogP contribution in [0.4, 0.5) is 5.69 Å². The van der Waals surface area contributed by atoms with Gasteiger partial charge in [-0.2, -0.15) is 0 Å². The molecular formula is C16H14ClNO2. The van der Waals surface area contributed by atoms with E-state index in [-0.39, 0.29) is 5.91 Å². The SMILES string of the molecule is O=C1CCc2cc(C(O)c3ccc(Cl)cc3)ccc2N1. The van der Waals surface area contributed by atoms with Gasteiger partial charge in [0, 0.05) is 17.1 Å². The van der Waals surface area contributed by atoms with Gasteiger partial charge >= 0.3 is 0 Å². The van der Waals surface area contributed by atoms with Gasteiger partial charge in [-0.05, 0) is 41.3 Å². The number of carbonyl (C=O) groups is 1. The van der Waals surface area contributed by atoms with E-state index in [1.165, 1.54) is 0 Å². The summed E-state index contributed by atoms with van der Waals surface area (Å²) < 4.78 is 0. The van der Waals surface area contributed by atoms with Gasteiger partial charge in [0.1, 0.15) is 6.10 Å². The molecule has 20 heavy (non-hydrogen) atoms. The molecule has 0 saturated carbocycles. The van der Waals surface area contributed by atoms with Crippen molar-refractivity contribution < 1.29 is 9.90 Å². The molecule has 1 aliphatic rings. The van der Waals surface area contributed by atoms with Crippen LogP contribution in [0.2, 0.25) is 5.02 Å². The van der Waals surface area contributed by atoms with Gasteiger partial charge in [-0.25, -0.2) is 0 Å². The van der Waals surface area contributed by atoms with Crippen molar-refractivity contribution in [1.29, 1.82) is 0 Å². The third-order valence-electron chi connectivity index (χ3n) is 3.53. The van der Waals surface area contributed by atoms with Crippen LogP contribution in [0.1, 0.15) is 29.2 Å². The molecule has 1 heterocycles. The van der Waals surface area contributed by atoms with Crippen LogP contribution in [0.25, 0.3) is 0 Å². The lowest BCUT2D eigenvalue weighted by Crippen LogP contribution is -2.19. The highest BCUT2D eigenvalue weighted by atomic mass is 35.5. The van der Waals surface area contributed by atoms with E-state index in [1.54, 1.807) is 12.1 Å². The summed E-state index contributed by atoms with van der Waals surface area (Å²) in [5.74, 6) is 0.0449. The molecule has 0 radical (unpaired) electrons. The third kappa shape index (κ3) is 2.55. The van der Waals surface area contributed by atoms with Crippen LogP contribution >= 0.6 is 11.6 Å². The van der Waals surface area contributed by atoms with Gasteiger partial charge in [-0.1, -0.05) is 35.9 Å². The first-order valence-corrected chi connectivity index (χ1v) is 6.87. The Labute approximate surface area is 122 Å². The zero-order valence-electron chi connectivity index (χ0n) is 10.8. The number of nitrogens with one attached hydrogen (secondary N) is 1. The second-order valence-electron chi connectivity index (χ2n) is 4.92. The Kier molecular flexibility index (Phi) is 3.47. The molecule has 3 rings (SSSR count). The van der Waals surface area contributed by atoms with Crippen molar-refractivity contribution in [1.82, 2.24) is 0 Å². The average Bonchev–Trinajstić information content (AvgIpc) is 2.47. The second kappa shape index (κ2) is 5.27. The molecule has 0 bridgehead atoms. The lowest BCUT2D eigenvalue weighted by Gasteiger charge is -2.19. The molecule has 0 spiro atoms. The van der Waals surface area contributed by atoms with Gasteiger partial charge in [0.05, 0.1) is 0 Å². The standard InChI is InChI=1S/C16H14ClNO2/c17-13-5-1-10(2-6-13)16(20)12-3-7-14-11(9-12)4-8-15(19)18-14/h1-3,5-7,9,16,20H,4,8H2,(H,18,19). The summed E-state index contributed by atoms with van der Waals surface area (Å²) in [5.41, 5.74) is 3.53. The van der Waals surface area contributed by atoms with Crippen molar-refractivity contribution in [2.75, 3.05) is 5.32 Å². The molecule has 1 atom stereocenters. The van der Waals surface area contributed by atoms with Gasteiger partial charge in [0.25, 0.3) is 0 Å². The first-order valence-electron chi connectivity index (χ1n) is 6.50. The predicted molar refractivity (Wildman–Crippen MR) is 78.9 cm³/mol. The molecule has 1 unspecified atom stereocenters. The minimum Gasteiger partial charge on any atom is -0.384 e. The fourth-order valence-electron chi connectivity index (χ4n) is 2.41. The number of benzene rings is 2. The number of carbonyl (C=O) groups excluding carboxylic acids is 1. The Balaban J connectivity index is 1.90. The Morgan fingerprint density at radius 3 is 2.50 bits per heavy atom. The van der Waals surface area contributed by atoms with Crippen LogP contribution in [0.5, 0.6) is 0 Å². The van der Waals surface area contributed by atoms with Crippen LogP contribution in [0, 0.1) is 0 Å². The number of fused-ring (bicyclic) bond motifs is 1. The van der Waals surface area contributed by atoms with Crippen molar-refractivity contribution >= 4 is 23.2 Å². The van der Waals surface area contributed by atoms with Gasteiger partial charge < -0.3 is 10.4 Å². The van der Waals surface area contributed by atoms with E-state index in [4.69, 9.17) is 11.6 Å². The van der Waals surface area contributed by atoms with Crippen LogP contribution in [0.3, 0.4) is 0 Å². The summed E-state index contributed by atoms with van der Waals surface area (Å²) in [5, 5.41) is 13.9. The fraction of sp³-hybridized carbons (Fsp3) is 0.188. The number of hydrogen-bond donors (Lipinski definition) is 2. The molecule has 0 saturated heterocycles. The van der Waals surface area contributed by atoms with Crippen molar-refractivity contribution in [2.24, 2.45) is 0 Å². The highest BCUT2D eigenvalue weighted by Crippen LogP contribution is 2.29. The summed E-state index contributed by atoms with van der Waals surface area (Å²) in [6.07, 6.45) is 0.519. The largest absolute Gasteiger partial charge is 0.384 e. The van der Waals surface area contributed by atoms with Crippen LogP contribution in [-0.2, 0) is 11.2 Å². The van der Waals surface area contributed by atoms with Crippen LogP contribution in [0.15, 0.2) is 42.5 Å². The van der Waals surface area contributed by atoms with Crippen molar-refractivity contribution in [3.05, 3.63) is 64.2 Å². The summed E-state index contributed by atoms with van der Waals surface area (Å²) >= 11 is 5.85. The summed E-state index contributed by atoms with van der Waals surface area (Å²) in [6.45, 7) is 0. The Hall–Kier alpha value is -1.84. The Morgan fingerprint density at radius 1 is 1.05 bits per heavy atom. The van der Waals surface area contributed by atoms with Gasteiger partial charge in [-0.15, -0.1) is 0 Å². The normalized spacial score (nSPS) is 15.4. The van der Waals surface area contributed by atoms with Crippen molar-refractivity contribution in [3.8, 4) is 0 Å². The maximum absolute atomic E-state index is 11.3. The average molecular weight is 288 g/mol. The topological polar surface area (TPSA) is 49.3 Å². The first kappa shape index (κ1) is 13.2. The maximum atomic E-state index is 11.3. The minimum absolute atomic E-state index is 0.0449. The summed E-state index contributed by atoms with van der Waals surface area (Å²) in [4.78, 5) is 11.3. The van der Waals surface area contributed by atoms with E-state index in [9.17, 15) is 9.90 Å². The predicted octanol–water partition coefficient (Wildman–Crippen LogP) is 3.31. The maximum Gasteiger partial charge on any atom is 0.224 e. The molecule has 2 aromatic carbocycles.